The second-order valence-electron chi connectivity index (χ2n) is 5.23. The summed E-state index contributed by atoms with van der Waals surface area (Å²) in [5.74, 6) is -1.01. The summed E-state index contributed by atoms with van der Waals surface area (Å²) >= 11 is 5.80. The van der Waals surface area contributed by atoms with Crippen LogP contribution in [0, 0.1) is 0 Å². The molecule has 1 heterocycles. The van der Waals surface area contributed by atoms with E-state index in [1.165, 1.54) is 24.3 Å². The lowest BCUT2D eigenvalue weighted by Gasteiger charge is -2.09. The van der Waals surface area contributed by atoms with Gasteiger partial charge in [0, 0.05) is 16.1 Å². The molecule has 3 rings (SSSR count). The Labute approximate surface area is 143 Å². The van der Waals surface area contributed by atoms with Crippen LogP contribution in [0.25, 0.3) is 6.08 Å². The first-order valence-electron chi connectivity index (χ1n) is 7.17. The zero-order valence-corrected chi connectivity index (χ0v) is 13.5. The van der Waals surface area contributed by atoms with Gasteiger partial charge >= 0.3 is 0 Å². The predicted molar refractivity (Wildman–Crippen MR) is 91.8 cm³/mol. The van der Waals surface area contributed by atoms with Crippen LogP contribution >= 0.6 is 11.6 Å². The maximum absolute atomic E-state index is 12.5. The van der Waals surface area contributed by atoms with Crippen molar-refractivity contribution < 1.29 is 14.7 Å². The largest absolute Gasteiger partial charge is 0.507 e. The normalized spacial score (nSPS) is 15.8. The van der Waals surface area contributed by atoms with E-state index in [9.17, 15) is 14.7 Å². The number of hydrazone groups is 1. The van der Waals surface area contributed by atoms with Gasteiger partial charge in [-0.1, -0.05) is 29.8 Å². The lowest BCUT2D eigenvalue weighted by Crippen LogP contribution is -2.29. The highest BCUT2D eigenvalue weighted by Crippen LogP contribution is 2.24. The van der Waals surface area contributed by atoms with Gasteiger partial charge in [0.2, 0.25) is 0 Å². The number of hydrogen-bond acceptors (Lipinski definition) is 4. The summed E-state index contributed by atoms with van der Waals surface area (Å²) in [4.78, 5) is 25.0. The second-order valence-corrected chi connectivity index (χ2v) is 5.67. The second kappa shape index (κ2) is 6.29. The summed E-state index contributed by atoms with van der Waals surface area (Å²) < 4.78 is 0. The van der Waals surface area contributed by atoms with Crippen molar-refractivity contribution in [2.45, 2.75) is 6.92 Å². The van der Waals surface area contributed by atoms with Gasteiger partial charge in [-0.15, -0.1) is 0 Å². The molecule has 0 saturated heterocycles. The van der Waals surface area contributed by atoms with Gasteiger partial charge in [-0.3, -0.25) is 9.59 Å². The van der Waals surface area contributed by atoms with Gasteiger partial charge in [0.15, 0.2) is 0 Å². The van der Waals surface area contributed by atoms with E-state index in [2.05, 4.69) is 5.10 Å². The van der Waals surface area contributed by atoms with E-state index >= 15 is 0 Å². The topological polar surface area (TPSA) is 70.0 Å². The van der Waals surface area contributed by atoms with E-state index in [1.807, 2.05) is 0 Å². The molecule has 2 aromatic carbocycles. The molecule has 0 fully saturated rings. The first-order valence-corrected chi connectivity index (χ1v) is 7.55. The van der Waals surface area contributed by atoms with Crippen LogP contribution < -0.4 is 0 Å². The van der Waals surface area contributed by atoms with Crippen molar-refractivity contribution in [3.8, 4) is 5.75 Å². The molecule has 0 saturated carbocycles. The fraction of sp³-hybridized carbons (Fsp3) is 0.0556. The van der Waals surface area contributed by atoms with Crippen LogP contribution in [0.1, 0.15) is 22.8 Å². The minimum absolute atomic E-state index is 0.0491. The fourth-order valence-electron chi connectivity index (χ4n) is 2.30. The Bertz CT molecular complexity index is 885. The molecule has 0 bridgehead atoms. The number of aromatic hydroxyl groups is 1. The third-order valence-electron chi connectivity index (χ3n) is 3.58. The number of imide groups is 1. The van der Waals surface area contributed by atoms with Gasteiger partial charge in [-0.25, -0.2) is 0 Å². The van der Waals surface area contributed by atoms with Crippen molar-refractivity contribution in [2.75, 3.05) is 0 Å². The number of phenolic OH excluding ortho intramolecular Hbond substituents is 1. The fourth-order valence-corrected chi connectivity index (χ4v) is 2.43. The Hall–Kier alpha value is -2.92. The molecule has 0 aliphatic carbocycles. The maximum Gasteiger partial charge on any atom is 0.283 e. The molecule has 0 radical (unpaired) electrons. The molecule has 0 unspecified atom stereocenters. The first-order chi connectivity index (χ1) is 11.5. The van der Waals surface area contributed by atoms with Gasteiger partial charge in [0.1, 0.15) is 5.75 Å². The lowest BCUT2D eigenvalue weighted by molar-refractivity contribution is -0.123. The molecule has 2 aromatic rings. The van der Waals surface area contributed by atoms with Crippen LogP contribution in [0.5, 0.6) is 5.75 Å². The smallest absolute Gasteiger partial charge is 0.283 e. The van der Waals surface area contributed by atoms with Gasteiger partial charge in [0.25, 0.3) is 11.8 Å². The van der Waals surface area contributed by atoms with Crippen LogP contribution in [0.15, 0.2) is 59.2 Å². The summed E-state index contributed by atoms with van der Waals surface area (Å²) in [6.07, 6.45) is 1.52. The molecule has 0 spiro atoms. The molecule has 24 heavy (non-hydrogen) atoms. The molecule has 5 nitrogen and oxygen atoms in total. The Kier molecular flexibility index (Phi) is 4.18. The van der Waals surface area contributed by atoms with Gasteiger partial charge in [-0.2, -0.15) is 10.1 Å². The summed E-state index contributed by atoms with van der Waals surface area (Å²) in [5.41, 5.74) is 1.47. The van der Waals surface area contributed by atoms with E-state index in [-0.39, 0.29) is 11.3 Å². The van der Waals surface area contributed by atoms with Gasteiger partial charge in [0.05, 0.1) is 11.3 Å². The Balaban J connectivity index is 1.92. The summed E-state index contributed by atoms with van der Waals surface area (Å²) in [6.45, 7) is 1.64. The average Bonchev–Trinajstić information content (AvgIpc) is 2.85. The number of phenols is 1. The number of halogens is 1. The van der Waals surface area contributed by atoms with Crippen molar-refractivity contribution >= 4 is 35.2 Å². The number of nitrogens with zero attached hydrogens (tertiary/aromatic N) is 2. The van der Waals surface area contributed by atoms with Crippen LogP contribution in [-0.2, 0) is 4.79 Å². The highest BCUT2D eigenvalue weighted by Gasteiger charge is 2.33. The molecule has 2 amide bonds. The first kappa shape index (κ1) is 16.0. The third kappa shape index (κ3) is 2.94. The molecule has 1 N–H and O–H groups in total. The quantitative estimate of drug-likeness (QED) is 0.672. The standard InChI is InChI=1S/C18H13ClN2O3/c1-11-15(10-13-4-2-3-5-16(13)22)18(24)21(20-11)17(23)12-6-8-14(19)9-7-12/h2-10,22H,1H3/b15-10+. The number of benzene rings is 2. The van der Waals surface area contributed by atoms with Crippen molar-refractivity contribution in [2.24, 2.45) is 5.10 Å². The molecule has 1 aliphatic rings. The van der Waals surface area contributed by atoms with Crippen LogP contribution in [0.3, 0.4) is 0 Å². The van der Waals surface area contributed by atoms with Crippen molar-refractivity contribution in [3.05, 3.63) is 70.3 Å². The van der Waals surface area contributed by atoms with E-state index < -0.39 is 11.8 Å². The average molecular weight is 341 g/mol. The van der Waals surface area contributed by atoms with Crippen molar-refractivity contribution in [3.63, 3.8) is 0 Å². The molecule has 120 valence electrons. The Morgan fingerprint density at radius 1 is 1.17 bits per heavy atom. The highest BCUT2D eigenvalue weighted by molar-refractivity contribution is 6.31. The Morgan fingerprint density at radius 2 is 1.83 bits per heavy atom. The summed E-state index contributed by atoms with van der Waals surface area (Å²) in [5, 5.41) is 15.2. The van der Waals surface area contributed by atoms with Crippen LogP contribution in [-0.4, -0.2) is 27.6 Å². The molecule has 6 heteroatoms. The molecular formula is C18H13ClN2O3. The van der Waals surface area contributed by atoms with E-state index in [0.717, 1.165) is 5.01 Å². The van der Waals surface area contributed by atoms with E-state index in [0.29, 0.717) is 21.9 Å². The molecule has 0 atom stereocenters. The van der Waals surface area contributed by atoms with Gasteiger partial charge in [-0.05, 0) is 43.3 Å². The van der Waals surface area contributed by atoms with Crippen molar-refractivity contribution in [1.29, 1.82) is 0 Å². The zero-order chi connectivity index (χ0) is 17.3. The summed E-state index contributed by atoms with van der Waals surface area (Å²) in [6, 6.07) is 12.8. The minimum Gasteiger partial charge on any atom is -0.507 e. The number of amides is 2. The molecule has 0 aromatic heterocycles. The van der Waals surface area contributed by atoms with E-state index in [1.54, 1.807) is 37.3 Å². The van der Waals surface area contributed by atoms with Crippen molar-refractivity contribution in [1.82, 2.24) is 5.01 Å². The Morgan fingerprint density at radius 3 is 2.50 bits per heavy atom. The predicted octanol–water partition coefficient (Wildman–Crippen LogP) is 3.49. The number of carbonyl (C=O) groups excluding carboxylic acids is 2. The molecule has 1 aliphatic heterocycles. The number of rotatable bonds is 2. The summed E-state index contributed by atoms with van der Waals surface area (Å²) in [7, 11) is 0. The SMILES string of the molecule is CC1=NN(C(=O)c2ccc(Cl)cc2)C(=O)/C1=C/c1ccccc1O. The number of carbonyl (C=O) groups is 2. The van der Waals surface area contributed by atoms with Crippen LogP contribution in [0.2, 0.25) is 5.02 Å². The zero-order valence-electron chi connectivity index (χ0n) is 12.7. The minimum atomic E-state index is -0.532. The number of para-hydroxylation sites is 1. The highest BCUT2D eigenvalue weighted by atomic mass is 35.5. The van der Waals surface area contributed by atoms with Crippen LogP contribution in [0.4, 0.5) is 0 Å². The van der Waals surface area contributed by atoms with Gasteiger partial charge < -0.3 is 5.11 Å². The monoisotopic (exact) mass is 340 g/mol. The third-order valence-corrected chi connectivity index (χ3v) is 3.83. The lowest BCUT2D eigenvalue weighted by atomic mass is 10.1. The number of hydrogen-bond donors (Lipinski definition) is 1. The maximum atomic E-state index is 12.5. The molecular weight excluding hydrogens is 328 g/mol. The van der Waals surface area contributed by atoms with E-state index in [4.69, 9.17) is 11.6 Å².